The maximum absolute atomic E-state index is 11.0. The van der Waals surface area contributed by atoms with Gasteiger partial charge in [0.25, 0.3) is 0 Å². The number of anilines is 2. The van der Waals surface area contributed by atoms with Crippen molar-refractivity contribution in [3.63, 3.8) is 0 Å². The molecule has 0 heterocycles. The molecule has 1 aromatic rings. The highest BCUT2D eigenvalue weighted by Crippen LogP contribution is 2.21. The molecule has 0 aromatic heterocycles. The van der Waals surface area contributed by atoms with E-state index in [-0.39, 0.29) is 5.91 Å². The summed E-state index contributed by atoms with van der Waals surface area (Å²) in [7, 11) is 0. The van der Waals surface area contributed by atoms with Gasteiger partial charge in [0.2, 0.25) is 5.91 Å². The summed E-state index contributed by atoms with van der Waals surface area (Å²) in [4.78, 5) is 11.0. The lowest BCUT2D eigenvalue weighted by molar-refractivity contribution is -0.114. The van der Waals surface area contributed by atoms with Gasteiger partial charge in [-0.1, -0.05) is 13.8 Å². The van der Waals surface area contributed by atoms with E-state index in [1.165, 1.54) is 6.92 Å². The van der Waals surface area contributed by atoms with Crippen molar-refractivity contribution in [1.82, 2.24) is 0 Å². The normalized spacial score (nSPS) is 12.3. The summed E-state index contributed by atoms with van der Waals surface area (Å²) in [6.07, 6.45) is 1.15. The summed E-state index contributed by atoms with van der Waals surface area (Å²) >= 11 is 0. The molecule has 0 bridgehead atoms. The summed E-state index contributed by atoms with van der Waals surface area (Å²) in [5.41, 5.74) is 3.06. The lowest BCUT2D eigenvalue weighted by atomic mass is 10.0. The summed E-state index contributed by atoms with van der Waals surface area (Å²) in [5, 5.41) is 6.30. The highest BCUT2D eigenvalue weighted by atomic mass is 16.1. The van der Waals surface area contributed by atoms with Crippen LogP contribution in [0, 0.1) is 12.8 Å². The number of rotatable bonds is 5. The van der Waals surface area contributed by atoms with Gasteiger partial charge in [-0.2, -0.15) is 0 Å². The number of hydrogen-bond acceptors (Lipinski definition) is 2. The second-order valence-corrected chi connectivity index (χ2v) is 5.39. The third kappa shape index (κ3) is 4.78. The largest absolute Gasteiger partial charge is 0.383 e. The van der Waals surface area contributed by atoms with Gasteiger partial charge in [0.15, 0.2) is 0 Å². The highest BCUT2D eigenvalue weighted by molar-refractivity contribution is 5.89. The lowest BCUT2D eigenvalue weighted by Gasteiger charge is -2.18. The molecule has 0 aliphatic rings. The van der Waals surface area contributed by atoms with E-state index in [2.05, 4.69) is 37.5 Å². The molecule has 1 atom stereocenters. The molecular formula is C15H24N2O. The van der Waals surface area contributed by atoms with Crippen LogP contribution in [0.4, 0.5) is 11.4 Å². The average Bonchev–Trinajstić information content (AvgIpc) is 2.20. The van der Waals surface area contributed by atoms with Crippen molar-refractivity contribution in [2.75, 3.05) is 10.6 Å². The Morgan fingerprint density at radius 2 is 1.94 bits per heavy atom. The van der Waals surface area contributed by atoms with Crippen LogP contribution >= 0.6 is 0 Å². The van der Waals surface area contributed by atoms with Gasteiger partial charge >= 0.3 is 0 Å². The molecule has 1 amide bonds. The van der Waals surface area contributed by atoms with Crippen molar-refractivity contribution in [3.05, 3.63) is 23.8 Å². The molecule has 0 spiro atoms. The maximum atomic E-state index is 11.0. The Balaban J connectivity index is 2.69. The smallest absolute Gasteiger partial charge is 0.221 e. The monoisotopic (exact) mass is 248 g/mol. The van der Waals surface area contributed by atoms with Crippen molar-refractivity contribution in [2.24, 2.45) is 5.92 Å². The van der Waals surface area contributed by atoms with Crippen LogP contribution in [0.25, 0.3) is 0 Å². The van der Waals surface area contributed by atoms with Crippen LogP contribution in [0.3, 0.4) is 0 Å². The Labute approximate surface area is 110 Å². The topological polar surface area (TPSA) is 41.1 Å². The van der Waals surface area contributed by atoms with Crippen LogP contribution in [-0.4, -0.2) is 11.9 Å². The summed E-state index contributed by atoms with van der Waals surface area (Å²) in [5.74, 6) is 0.652. The molecule has 1 rings (SSSR count). The molecule has 1 aromatic carbocycles. The van der Waals surface area contributed by atoms with Crippen LogP contribution in [0.15, 0.2) is 18.2 Å². The van der Waals surface area contributed by atoms with Crippen LogP contribution in [-0.2, 0) is 4.79 Å². The minimum atomic E-state index is -0.0352. The molecule has 1 unspecified atom stereocenters. The molecule has 3 heteroatoms. The minimum absolute atomic E-state index is 0.0352. The standard InChI is InChI=1S/C15H24N2O/c1-10(2)8-12(4)16-14-6-7-15(11(3)9-14)17-13(5)18/h6-7,9-10,12,16H,8H2,1-5H3,(H,17,18). The van der Waals surface area contributed by atoms with Crippen molar-refractivity contribution >= 4 is 17.3 Å². The summed E-state index contributed by atoms with van der Waals surface area (Å²) < 4.78 is 0. The van der Waals surface area contributed by atoms with Gasteiger partial charge in [-0.3, -0.25) is 4.79 Å². The molecule has 0 saturated carbocycles. The van der Waals surface area contributed by atoms with Gasteiger partial charge in [-0.15, -0.1) is 0 Å². The van der Waals surface area contributed by atoms with Gasteiger partial charge < -0.3 is 10.6 Å². The molecule has 0 aliphatic carbocycles. The Kier molecular flexibility index (Phi) is 5.20. The summed E-state index contributed by atoms with van der Waals surface area (Å²) in [6, 6.07) is 6.48. The van der Waals surface area contributed by atoms with Gasteiger partial charge in [-0.25, -0.2) is 0 Å². The van der Waals surface area contributed by atoms with Crippen LogP contribution in [0.2, 0.25) is 0 Å². The highest BCUT2D eigenvalue weighted by Gasteiger charge is 2.06. The molecule has 18 heavy (non-hydrogen) atoms. The fraction of sp³-hybridized carbons (Fsp3) is 0.533. The molecule has 0 fully saturated rings. The van der Waals surface area contributed by atoms with Gasteiger partial charge in [0, 0.05) is 24.3 Å². The van der Waals surface area contributed by atoms with Crippen molar-refractivity contribution in [2.45, 2.75) is 47.1 Å². The van der Waals surface area contributed by atoms with Crippen molar-refractivity contribution in [1.29, 1.82) is 0 Å². The number of carbonyl (C=O) groups is 1. The van der Waals surface area contributed by atoms with E-state index in [9.17, 15) is 4.79 Å². The van der Waals surface area contributed by atoms with E-state index in [0.717, 1.165) is 23.4 Å². The van der Waals surface area contributed by atoms with Crippen LogP contribution in [0.5, 0.6) is 0 Å². The fourth-order valence-electron chi connectivity index (χ4n) is 2.13. The Hall–Kier alpha value is -1.51. The second kappa shape index (κ2) is 6.43. The number of benzene rings is 1. The molecule has 0 aliphatic heterocycles. The van der Waals surface area contributed by atoms with Crippen LogP contribution in [0.1, 0.15) is 39.7 Å². The fourth-order valence-corrected chi connectivity index (χ4v) is 2.13. The average molecular weight is 248 g/mol. The molecule has 0 radical (unpaired) electrons. The third-order valence-corrected chi connectivity index (χ3v) is 2.78. The van der Waals surface area contributed by atoms with Gasteiger partial charge in [0.05, 0.1) is 0 Å². The van der Waals surface area contributed by atoms with Gasteiger partial charge in [0.1, 0.15) is 0 Å². The zero-order valence-electron chi connectivity index (χ0n) is 12.0. The molecule has 0 saturated heterocycles. The minimum Gasteiger partial charge on any atom is -0.383 e. The Bertz CT molecular complexity index is 413. The maximum Gasteiger partial charge on any atom is 0.221 e. The predicted octanol–water partition coefficient (Wildman–Crippen LogP) is 3.80. The third-order valence-electron chi connectivity index (χ3n) is 2.78. The Morgan fingerprint density at radius 1 is 1.28 bits per heavy atom. The van der Waals surface area contributed by atoms with Crippen LogP contribution < -0.4 is 10.6 Å². The zero-order chi connectivity index (χ0) is 13.7. The second-order valence-electron chi connectivity index (χ2n) is 5.39. The van der Waals surface area contributed by atoms with E-state index < -0.39 is 0 Å². The SMILES string of the molecule is CC(=O)Nc1ccc(NC(C)CC(C)C)cc1C. The first kappa shape index (κ1) is 14.6. The number of carbonyl (C=O) groups excluding carboxylic acids is 1. The Morgan fingerprint density at radius 3 is 2.44 bits per heavy atom. The first-order valence-corrected chi connectivity index (χ1v) is 6.53. The van der Waals surface area contributed by atoms with E-state index in [1.807, 2.05) is 19.1 Å². The molecule has 2 N–H and O–H groups in total. The van der Waals surface area contributed by atoms with E-state index in [4.69, 9.17) is 0 Å². The number of aryl methyl sites for hydroxylation is 1. The first-order chi connectivity index (χ1) is 8.38. The number of hydrogen-bond donors (Lipinski definition) is 2. The molecular weight excluding hydrogens is 224 g/mol. The zero-order valence-corrected chi connectivity index (χ0v) is 12.0. The van der Waals surface area contributed by atoms with E-state index in [1.54, 1.807) is 0 Å². The van der Waals surface area contributed by atoms with E-state index >= 15 is 0 Å². The first-order valence-electron chi connectivity index (χ1n) is 6.53. The number of nitrogens with one attached hydrogen (secondary N) is 2. The molecule has 3 nitrogen and oxygen atoms in total. The van der Waals surface area contributed by atoms with E-state index in [0.29, 0.717) is 12.0 Å². The number of amides is 1. The van der Waals surface area contributed by atoms with Gasteiger partial charge in [-0.05, 0) is 49.9 Å². The quantitative estimate of drug-likeness (QED) is 0.832. The lowest BCUT2D eigenvalue weighted by Crippen LogP contribution is -2.17. The predicted molar refractivity (Wildman–Crippen MR) is 78.0 cm³/mol. The molecule has 100 valence electrons. The van der Waals surface area contributed by atoms with Crippen molar-refractivity contribution < 1.29 is 4.79 Å². The van der Waals surface area contributed by atoms with Crippen molar-refractivity contribution in [3.8, 4) is 0 Å². The summed E-state index contributed by atoms with van der Waals surface area (Å²) in [6.45, 7) is 10.2.